The molecule has 2 aromatic heterocycles. The maximum absolute atomic E-state index is 13.0. The van der Waals surface area contributed by atoms with E-state index in [0.717, 1.165) is 55.5 Å². The quantitative estimate of drug-likeness (QED) is 0.638. The summed E-state index contributed by atoms with van der Waals surface area (Å²) in [5, 5.41) is 3.44. The SMILES string of the molecule is CC(C)=CCn1c(N2CCCC(NCC(=O)N3CCCC3)C2)nc2c1c(=O)n(C)c(=O)n2C. The highest BCUT2D eigenvalue weighted by atomic mass is 16.2. The van der Waals surface area contributed by atoms with E-state index in [4.69, 9.17) is 4.98 Å². The fraction of sp³-hybridized carbons (Fsp3) is 0.652. The number of aromatic nitrogens is 4. The first kappa shape index (κ1) is 23.3. The van der Waals surface area contributed by atoms with Gasteiger partial charge in [0.05, 0.1) is 6.54 Å². The summed E-state index contributed by atoms with van der Waals surface area (Å²) in [5.74, 6) is 0.858. The number of nitrogens with zero attached hydrogens (tertiary/aromatic N) is 6. The Bertz CT molecular complexity index is 1180. The summed E-state index contributed by atoms with van der Waals surface area (Å²) in [5.41, 5.74) is 1.26. The van der Waals surface area contributed by atoms with Crippen molar-refractivity contribution >= 4 is 23.0 Å². The van der Waals surface area contributed by atoms with E-state index in [0.29, 0.717) is 36.7 Å². The minimum Gasteiger partial charge on any atom is -0.342 e. The molecule has 1 amide bonds. The molecule has 10 nitrogen and oxygen atoms in total. The van der Waals surface area contributed by atoms with Crippen molar-refractivity contribution in [3.8, 4) is 0 Å². The van der Waals surface area contributed by atoms with Crippen LogP contribution in [0.25, 0.3) is 11.2 Å². The second-order valence-corrected chi connectivity index (χ2v) is 9.44. The van der Waals surface area contributed by atoms with Crippen LogP contribution in [0.2, 0.25) is 0 Å². The fourth-order valence-electron chi connectivity index (χ4n) is 4.76. The summed E-state index contributed by atoms with van der Waals surface area (Å²) in [4.78, 5) is 46.8. The lowest BCUT2D eigenvalue weighted by Gasteiger charge is -2.34. The second-order valence-electron chi connectivity index (χ2n) is 9.44. The van der Waals surface area contributed by atoms with Crippen molar-refractivity contribution < 1.29 is 4.79 Å². The standard InChI is InChI=1S/C23H35N7O3/c1-16(2)9-13-30-19-20(26(3)23(33)27(4)21(19)32)25-22(30)29-12-7-8-17(15-29)24-14-18(31)28-10-5-6-11-28/h9,17,24H,5-8,10-15H2,1-4H3. The van der Waals surface area contributed by atoms with Crippen molar-refractivity contribution in [3.63, 3.8) is 0 Å². The largest absolute Gasteiger partial charge is 0.342 e. The first-order chi connectivity index (χ1) is 15.8. The maximum Gasteiger partial charge on any atom is 0.332 e. The van der Waals surface area contributed by atoms with Gasteiger partial charge in [-0.15, -0.1) is 0 Å². The lowest BCUT2D eigenvalue weighted by atomic mass is 10.1. The molecule has 2 saturated heterocycles. The van der Waals surface area contributed by atoms with Crippen molar-refractivity contribution in [1.29, 1.82) is 0 Å². The molecular weight excluding hydrogens is 422 g/mol. The van der Waals surface area contributed by atoms with Gasteiger partial charge in [-0.1, -0.05) is 11.6 Å². The predicted octanol–water partition coefficient (Wildman–Crippen LogP) is 0.581. The van der Waals surface area contributed by atoms with E-state index in [1.165, 1.54) is 11.6 Å². The molecule has 10 heteroatoms. The molecule has 0 radical (unpaired) electrons. The Morgan fingerprint density at radius 2 is 1.82 bits per heavy atom. The first-order valence-electron chi connectivity index (χ1n) is 11.8. The summed E-state index contributed by atoms with van der Waals surface area (Å²) in [7, 11) is 3.15. The molecule has 2 fully saturated rings. The number of piperidine rings is 1. The topological polar surface area (TPSA) is 97.4 Å². The van der Waals surface area contributed by atoms with Crippen LogP contribution in [-0.4, -0.2) is 68.3 Å². The molecule has 0 spiro atoms. The zero-order valence-electron chi connectivity index (χ0n) is 20.1. The number of carbonyl (C=O) groups is 1. The summed E-state index contributed by atoms with van der Waals surface area (Å²) in [6.45, 7) is 8.12. The Hall–Kier alpha value is -2.88. The molecular formula is C23H35N7O3. The summed E-state index contributed by atoms with van der Waals surface area (Å²) in [6.07, 6.45) is 6.18. The Morgan fingerprint density at radius 3 is 2.52 bits per heavy atom. The van der Waals surface area contributed by atoms with Gasteiger partial charge >= 0.3 is 5.69 Å². The van der Waals surface area contributed by atoms with Crippen LogP contribution in [-0.2, 0) is 25.4 Å². The Kier molecular flexibility index (Phi) is 6.73. The number of hydrogen-bond acceptors (Lipinski definition) is 6. The van der Waals surface area contributed by atoms with E-state index in [2.05, 4.69) is 16.3 Å². The van der Waals surface area contributed by atoms with Crippen molar-refractivity contribution in [3.05, 3.63) is 32.5 Å². The number of likely N-dealkylation sites (tertiary alicyclic amines) is 1. The van der Waals surface area contributed by atoms with Gasteiger partial charge in [0.15, 0.2) is 11.2 Å². The van der Waals surface area contributed by atoms with Crippen LogP contribution in [0.5, 0.6) is 0 Å². The third-order valence-corrected chi connectivity index (χ3v) is 6.71. The van der Waals surface area contributed by atoms with E-state index in [9.17, 15) is 14.4 Å². The van der Waals surface area contributed by atoms with Gasteiger partial charge in [0.25, 0.3) is 5.56 Å². The Balaban J connectivity index is 1.62. The number of anilines is 1. The minimum atomic E-state index is -0.385. The minimum absolute atomic E-state index is 0.161. The fourth-order valence-corrected chi connectivity index (χ4v) is 4.76. The van der Waals surface area contributed by atoms with E-state index in [1.807, 2.05) is 23.3 Å². The van der Waals surface area contributed by atoms with Crippen molar-refractivity contribution in [1.82, 2.24) is 28.9 Å². The van der Waals surface area contributed by atoms with Gasteiger partial charge in [-0.05, 0) is 39.5 Å². The van der Waals surface area contributed by atoms with E-state index in [1.54, 1.807) is 7.05 Å². The number of amides is 1. The van der Waals surface area contributed by atoms with Crippen LogP contribution < -0.4 is 21.5 Å². The monoisotopic (exact) mass is 457 g/mol. The van der Waals surface area contributed by atoms with Crippen LogP contribution in [0.15, 0.2) is 21.2 Å². The number of imidazole rings is 1. The molecule has 2 aromatic rings. The zero-order valence-corrected chi connectivity index (χ0v) is 20.1. The molecule has 1 unspecified atom stereocenters. The molecule has 1 atom stereocenters. The van der Waals surface area contributed by atoms with Gasteiger partial charge in [0, 0.05) is 52.9 Å². The molecule has 1 N–H and O–H groups in total. The predicted molar refractivity (Wildman–Crippen MR) is 129 cm³/mol. The molecule has 4 heterocycles. The van der Waals surface area contributed by atoms with Crippen LogP contribution in [0.4, 0.5) is 5.95 Å². The highest BCUT2D eigenvalue weighted by Crippen LogP contribution is 2.23. The maximum atomic E-state index is 13.0. The molecule has 180 valence electrons. The van der Waals surface area contributed by atoms with Gasteiger partial charge in [0.1, 0.15) is 0 Å². The van der Waals surface area contributed by atoms with Crippen LogP contribution in [0, 0.1) is 0 Å². The number of rotatable bonds is 6. The molecule has 0 aliphatic carbocycles. The number of fused-ring (bicyclic) bond motifs is 1. The normalized spacial score (nSPS) is 18.8. The van der Waals surface area contributed by atoms with E-state index >= 15 is 0 Å². The molecule has 4 rings (SSSR count). The molecule has 0 bridgehead atoms. The lowest BCUT2D eigenvalue weighted by Crippen LogP contribution is -2.49. The molecule has 0 saturated carbocycles. The smallest absolute Gasteiger partial charge is 0.332 e. The third-order valence-electron chi connectivity index (χ3n) is 6.71. The van der Waals surface area contributed by atoms with Crippen LogP contribution in [0.3, 0.4) is 0 Å². The molecule has 33 heavy (non-hydrogen) atoms. The van der Waals surface area contributed by atoms with Crippen LogP contribution >= 0.6 is 0 Å². The summed E-state index contributed by atoms with van der Waals surface area (Å²) < 4.78 is 4.49. The summed E-state index contributed by atoms with van der Waals surface area (Å²) >= 11 is 0. The number of hydrogen-bond donors (Lipinski definition) is 1. The average Bonchev–Trinajstić information content (AvgIpc) is 3.47. The highest BCUT2D eigenvalue weighted by Gasteiger charge is 2.27. The van der Waals surface area contributed by atoms with Gasteiger partial charge in [-0.2, -0.15) is 4.98 Å². The highest BCUT2D eigenvalue weighted by molar-refractivity contribution is 5.78. The molecule has 0 aromatic carbocycles. The van der Waals surface area contributed by atoms with Crippen molar-refractivity contribution in [2.45, 2.75) is 52.1 Å². The van der Waals surface area contributed by atoms with Gasteiger partial charge in [-0.25, -0.2) is 4.79 Å². The Morgan fingerprint density at radius 1 is 1.09 bits per heavy atom. The molecule has 2 aliphatic rings. The number of aryl methyl sites for hydroxylation is 1. The summed E-state index contributed by atoms with van der Waals surface area (Å²) in [6, 6.07) is 0.161. The molecule has 2 aliphatic heterocycles. The average molecular weight is 458 g/mol. The Labute approximate surface area is 193 Å². The second kappa shape index (κ2) is 9.54. The number of nitrogens with one attached hydrogen (secondary N) is 1. The zero-order chi connectivity index (χ0) is 23.7. The third kappa shape index (κ3) is 4.62. The van der Waals surface area contributed by atoms with Gasteiger partial charge in [-0.3, -0.25) is 18.7 Å². The van der Waals surface area contributed by atoms with Crippen molar-refractivity contribution in [2.75, 3.05) is 37.6 Å². The van der Waals surface area contributed by atoms with E-state index in [-0.39, 0.29) is 23.2 Å². The van der Waals surface area contributed by atoms with Gasteiger partial charge < -0.3 is 19.7 Å². The number of allylic oxidation sites excluding steroid dienone is 2. The van der Waals surface area contributed by atoms with E-state index < -0.39 is 0 Å². The first-order valence-corrected chi connectivity index (χ1v) is 11.8. The van der Waals surface area contributed by atoms with Crippen molar-refractivity contribution in [2.24, 2.45) is 14.1 Å². The lowest BCUT2D eigenvalue weighted by molar-refractivity contribution is -0.129. The number of carbonyl (C=O) groups excluding carboxylic acids is 1. The van der Waals surface area contributed by atoms with Crippen LogP contribution in [0.1, 0.15) is 39.5 Å². The van der Waals surface area contributed by atoms with Gasteiger partial charge in [0.2, 0.25) is 11.9 Å².